The molecule has 0 bridgehead atoms. The second kappa shape index (κ2) is 11.9. The molecule has 0 amide bonds. The summed E-state index contributed by atoms with van der Waals surface area (Å²) in [6, 6.07) is 0. The van der Waals surface area contributed by atoms with Crippen LogP contribution in [0, 0.1) is 71.0 Å². The number of rotatable bonds is 8. The van der Waals surface area contributed by atoms with Gasteiger partial charge in [0.25, 0.3) is 0 Å². The fourth-order valence-corrected chi connectivity index (χ4v) is 6.99. The van der Waals surface area contributed by atoms with Crippen LogP contribution in [-0.2, 0) is 23.9 Å². The van der Waals surface area contributed by atoms with Crippen LogP contribution < -0.4 is 0 Å². The van der Waals surface area contributed by atoms with E-state index in [0.717, 1.165) is 0 Å². The minimum atomic E-state index is -1.04. The first-order chi connectivity index (χ1) is 16.2. The summed E-state index contributed by atoms with van der Waals surface area (Å²) in [7, 11) is 0. The number of hydrogen-bond acceptors (Lipinski definition) is 5. The van der Waals surface area contributed by atoms with Gasteiger partial charge in [0.05, 0.1) is 23.7 Å². The van der Waals surface area contributed by atoms with Gasteiger partial charge in [-0.05, 0) is 73.0 Å². The Kier molecular flexibility index (Phi) is 9.95. The fraction of sp³-hybridized carbons (Fsp3) is 0.857. The molecule has 35 heavy (non-hydrogen) atoms. The second-order valence-corrected chi connectivity index (χ2v) is 12.4. The van der Waals surface area contributed by atoms with Gasteiger partial charge in [0.1, 0.15) is 0 Å². The van der Waals surface area contributed by atoms with Crippen LogP contribution in [0.25, 0.3) is 0 Å². The summed E-state index contributed by atoms with van der Waals surface area (Å²) in [6.45, 7) is 15.9. The monoisotopic (exact) mass is 494 g/mol. The summed E-state index contributed by atoms with van der Waals surface area (Å²) in [5, 5.41) is 20.1. The van der Waals surface area contributed by atoms with E-state index in [2.05, 4.69) is 0 Å². The van der Waals surface area contributed by atoms with Gasteiger partial charge in [0.2, 0.25) is 0 Å². The van der Waals surface area contributed by atoms with Crippen molar-refractivity contribution in [3.63, 3.8) is 0 Å². The maximum absolute atomic E-state index is 13.4. The highest BCUT2D eigenvalue weighted by Gasteiger charge is 2.52. The Morgan fingerprint density at radius 1 is 0.657 bits per heavy atom. The molecule has 10 unspecified atom stereocenters. The molecule has 0 heterocycles. The quantitative estimate of drug-likeness (QED) is 0.344. The summed E-state index contributed by atoms with van der Waals surface area (Å²) >= 11 is 0. The van der Waals surface area contributed by atoms with Gasteiger partial charge < -0.3 is 14.9 Å². The van der Waals surface area contributed by atoms with E-state index in [1.165, 1.54) is 0 Å². The molecule has 2 fully saturated rings. The Bertz CT molecular complexity index is 724. The zero-order chi connectivity index (χ0) is 26.8. The van der Waals surface area contributed by atoms with E-state index in [4.69, 9.17) is 4.74 Å². The van der Waals surface area contributed by atoms with Gasteiger partial charge in [-0.1, -0.05) is 55.4 Å². The molecule has 2 rings (SSSR count). The molecule has 0 aromatic carbocycles. The Hall–Kier alpha value is -1.92. The van der Waals surface area contributed by atoms with Crippen molar-refractivity contribution >= 4 is 23.9 Å². The highest BCUT2D eigenvalue weighted by molar-refractivity contribution is 5.92. The van der Waals surface area contributed by atoms with E-state index >= 15 is 0 Å². The van der Waals surface area contributed by atoms with Gasteiger partial charge in [0, 0.05) is 0 Å². The number of carbonyl (C=O) groups is 4. The molecule has 0 aromatic rings. The highest BCUT2D eigenvalue weighted by atomic mass is 16.6. The number of carbonyl (C=O) groups excluding carboxylic acids is 2. The van der Waals surface area contributed by atoms with Crippen molar-refractivity contribution < 1.29 is 34.1 Å². The number of carboxylic acid groups (broad SMARTS) is 2. The minimum absolute atomic E-state index is 0.109. The molecule has 7 heteroatoms. The number of esters is 2. The molecule has 2 saturated carbocycles. The van der Waals surface area contributed by atoms with Crippen LogP contribution in [0.3, 0.4) is 0 Å². The van der Waals surface area contributed by atoms with Crippen molar-refractivity contribution in [2.45, 2.75) is 81.1 Å². The zero-order valence-corrected chi connectivity index (χ0v) is 22.7. The normalized spacial score (nSPS) is 37.8. The van der Waals surface area contributed by atoms with Crippen molar-refractivity contribution in [1.29, 1.82) is 0 Å². The molecule has 7 nitrogen and oxygen atoms in total. The molecule has 0 aliphatic heterocycles. The summed E-state index contributed by atoms with van der Waals surface area (Å²) in [4.78, 5) is 51.5. The maximum Gasteiger partial charge on any atom is 0.317 e. The van der Waals surface area contributed by atoms with E-state index in [1.807, 2.05) is 55.4 Å². The highest BCUT2D eigenvalue weighted by Crippen LogP contribution is 2.47. The number of hydrogen-bond donors (Lipinski definition) is 2. The molecule has 0 saturated heterocycles. The molecule has 10 atom stereocenters. The van der Waals surface area contributed by atoms with E-state index in [1.54, 1.807) is 0 Å². The smallest absolute Gasteiger partial charge is 0.317 e. The van der Waals surface area contributed by atoms with Crippen LogP contribution in [0.5, 0.6) is 0 Å². The molecule has 0 aromatic heterocycles. The van der Waals surface area contributed by atoms with Crippen LogP contribution in [0.15, 0.2) is 0 Å². The van der Waals surface area contributed by atoms with Gasteiger partial charge in [-0.2, -0.15) is 0 Å². The maximum atomic E-state index is 13.4. The van der Waals surface area contributed by atoms with E-state index in [9.17, 15) is 29.4 Å². The Morgan fingerprint density at radius 2 is 0.971 bits per heavy atom. The first-order valence-electron chi connectivity index (χ1n) is 13.4. The molecular weight excluding hydrogens is 448 g/mol. The van der Waals surface area contributed by atoms with Crippen LogP contribution in [0.4, 0.5) is 0 Å². The van der Waals surface area contributed by atoms with Crippen molar-refractivity contribution in [3.8, 4) is 0 Å². The van der Waals surface area contributed by atoms with Crippen molar-refractivity contribution in [1.82, 2.24) is 0 Å². The molecule has 200 valence electrons. The first-order valence-corrected chi connectivity index (χ1v) is 13.4. The lowest BCUT2D eigenvalue weighted by atomic mass is 9.60. The average molecular weight is 495 g/mol. The first kappa shape index (κ1) is 29.3. The van der Waals surface area contributed by atoms with Gasteiger partial charge in [-0.25, -0.2) is 0 Å². The topological polar surface area (TPSA) is 118 Å². The Labute approximate surface area is 210 Å². The van der Waals surface area contributed by atoms with E-state index in [-0.39, 0.29) is 47.3 Å². The molecule has 2 N–H and O–H groups in total. The second-order valence-electron chi connectivity index (χ2n) is 12.4. The molecule has 2 aliphatic carbocycles. The van der Waals surface area contributed by atoms with Crippen LogP contribution in [-0.4, -0.2) is 34.1 Å². The fourth-order valence-electron chi connectivity index (χ4n) is 6.99. The van der Waals surface area contributed by atoms with Crippen molar-refractivity contribution in [2.75, 3.05) is 0 Å². The Morgan fingerprint density at radius 3 is 1.23 bits per heavy atom. The molecular formula is C28H46O7. The van der Waals surface area contributed by atoms with E-state index in [0.29, 0.717) is 25.7 Å². The lowest BCUT2D eigenvalue weighted by Gasteiger charge is -2.44. The molecule has 2 aliphatic rings. The summed E-state index contributed by atoms with van der Waals surface area (Å²) in [5.74, 6) is -7.52. The lowest BCUT2D eigenvalue weighted by molar-refractivity contribution is -0.182. The standard InChI is InChI=1S/C28H46O7/c1-13(2)9-19-11-15(5)17(7)21(23(19)25(29)30)27(33)35-28(34)22-18(8)16(6)12-20(10-14(3)4)24(22)26(31)32/h13-24H,9-12H2,1-8H3,(H,29,30)(H,31,32). The predicted molar refractivity (Wildman–Crippen MR) is 132 cm³/mol. The summed E-state index contributed by atoms with van der Waals surface area (Å²) in [6.07, 6.45) is 2.79. The SMILES string of the molecule is CC(C)CC1CC(C)C(C)C(C(=O)OC(=O)C2C(C)C(C)CC(CC(C)C)C2C(=O)O)C1C(=O)O. The third-order valence-electron chi connectivity index (χ3n) is 8.93. The zero-order valence-electron chi connectivity index (χ0n) is 22.7. The predicted octanol–water partition coefficient (Wildman–Crippen LogP) is 5.37. The summed E-state index contributed by atoms with van der Waals surface area (Å²) in [5.41, 5.74) is 0. The molecule has 0 spiro atoms. The third kappa shape index (κ3) is 6.65. The van der Waals surface area contributed by atoms with Gasteiger partial charge in [-0.3, -0.25) is 19.2 Å². The number of ether oxygens (including phenoxy) is 1. The van der Waals surface area contributed by atoms with Gasteiger partial charge >= 0.3 is 23.9 Å². The summed E-state index contributed by atoms with van der Waals surface area (Å²) < 4.78 is 5.43. The van der Waals surface area contributed by atoms with Gasteiger partial charge in [0.15, 0.2) is 0 Å². The average Bonchev–Trinajstić information content (AvgIpc) is 2.70. The number of carboxylic acids is 2. The third-order valence-corrected chi connectivity index (χ3v) is 8.93. The molecule has 0 radical (unpaired) electrons. The van der Waals surface area contributed by atoms with Crippen LogP contribution in [0.2, 0.25) is 0 Å². The van der Waals surface area contributed by atoms with Crippen LogP contribution in [0.1, 0.15) is 81.1 Å². The lowest BCUT2D eigenvalue weighted by Crippen LogP contribution is -2.50. The van der Waals surface area contributed by atoms with Crippen molar-refractivity contribution in [3.05, 3.63) is 0 Å². The van der Waals surface area contributed by atoms with Gasteiger partial charge in [-0.15, -0.1) is 0 Å². The largest absolute Gasteiger partial charge is 0.481 e. The van der Waals surface area contributed by atoms with Crippen molar-refractivity contribution in [2.24, 2.45) is 71.0 Å². The Balaban J connectivity index is 2.35. The van der Waals surface area contributed by atoms with Crippen LogP contribution >= 0.6 is 0 Å². The van der Waals surface area contributed by atoms with E-state index < -0.39 is 47.5 Å². The number of aliphatic carboxylic acids is 2. The minimum Gasteiger partial charge on any atom is -0.481 e.